The second kappa shape index (κ2) is 9.14. The van der Waals surface area contributed by atoms with Crippen molar-refractivity contribution in [1.82, 2.24) is 9.66 Å². The largest absolute Gasteiger partial charge is 0.493 e. The Kier molecular flexibility index (Phi) is 6.13. The first kappa shape index (κ1) is 20.8. The maximum Gasteiger partial charge on any atom is 0.282 e. The number of halogens is 1. The Bertz CT molecular complexity index is 1320. The van der Waals surface area contributed by atoms with E-state index in [1.54, 1.807) is 25.5 Å². The van der Waals surface area contributed by atoms with E-state index in [2.05, 4.69) is 21.0 Å². The fraction of sp³-hybridized carbons (Fsp3) is 0.125. The third kappa shape index (κ3) is 4.22. The van der Waals surface area contributed by atoms with E-state index in [0.717, 1.165) is 15.6 Å². The van der Waals surface area contributed by atoms with Gasteiger partial charge in [0.25, 0.3) is 5.56 Å². The number of para-hydroxylation sites is 1. The van der Waals surface area contributed by atoms with Gasteiger partial charge in [0, 0.05) is 5.56 Å². The fourth-order valence-corrected chi connectivity index (χ4v) is 3.80. The number of hydrogen-bond donors (Lipinski definition) is 0. The van der Waals surface area contributed by atoms with Crippen LogP contribution in [0.1, 0.15) is 12.5 Å². The van der Waals surface area contributed by atoms with Crippen LogP contribution in [0.25, 0.3) is 22.3 Å². The van der Waals surface area contributed by atoms with E-state index in [1.165, 1.54) is 4.68 Å². The standard InChI is InChI=1S/C24H20BrN3O3/c1-3-31-22-19(25)13-16(14-21(22)30-2)15-26-28-23(17-9-5-4-6-10-17)27-20-12-8-7-11-18(20)24(28)29/h4-15H,3H2,1-2H3. The molecule has 1 heterocycles. The molecule has 0 spiro atoms. The topological polar surface area (TPSA) is 65.7 Å². The van der Waals surface area contributed by atoms with Crippen LogP contribution < -0.4 is 15.0 Å². The van der Waals surface area contributed by atoms with Crippen LogP contribution in [0.15, 0.2) is 81.1 Å². The summed E-state index contributed by atoms with van der Waals surface area (Å²) in [7, 11) is 1.58. The molecule has 0 aliphatic carbocycles. The molecule has 7 heteroatoms. The molecule has 0 amide bonds. The molecule has 0 fully saturated rings. The summed E-state index contributed by atoms with van der Waals surface area (Å²) in [5, 5.41) is 5.00. The number of hydrogen-bond acceptors (Lipinski definition) is 5. The molecule has 0 N–H and O–H groups in total. The third-order valence-electron chi connectivity index (χ3n) is 4.65. The van der Waals surface area contributed by atoms with E-state index in [4.69, 9.17) is 14.5 Å². The van der Waals surface area contributed by atoms with Gasteiger partial charge in [0.1, 0.15) is 0 Å². The number of aromatic nitrogens is 2. The Morgan fingerprint density at radius 1 is 1.10 bits per heavy atom. The van der Waals surface area contributed by atoms with Crippen molar-refractivity contribution in [1.29, 1.82) is 0 Å². The van der Waals surface area contributed by atoms with Crippen molar-refractivity contribution < 1.29 is 9.47 Å². The highest BCUT2D eigenvalue weighted by Crippen LogP contribution is 2.36. The molecule has 0 bridgehead atoms. The highest BCUT2D eigenvalue weighted by atomic mass is 79.9. The molecule has 0 aliphatic heterocycles. The Labute approximate surface area is 187 Å². The number of fused-ring (bicyclic) bond motifs is 1. The summed E-state index contributed by atoms with van der Waals surface area (Å²) in [4.78, 5) is 17.9. The van der Waals surface area contributed by atoms with Gasteiger partial charge in [0.2, 0.25) is 0 Å². The van der Waals surface area contributed by atoms with Crippen LogP contribution in [0, 0.1) is 0 Å². The molecule has 0 saturated heterocycles. The van der Waals surface area contributed by atoms with Crippen molar-refractivity contribution in [3.05, 3.63) is 87.1 Å². The first-order valence-electron chi connectivity index (χ1n) is 9.74. The number of methoxy groups -OCH3 is 1. The van der Waals surface area contributed by atoms with Crippen LogP contribution in [-0.4, -0.2) is 29.6 Å². The normalized spacial score (nSPS) is 11.2. The molecule has 4 aromatic rings. The van der Waals surface area contributed by atoms with Crippen LogP contribution in [-0.2, 0) is 0 Å². The van der Waals surface area contributed by atoms with Crippen molar-refractivity contribution in [2.75, 3.05) is 13.7 Å². The zero-order valence-corrected chi connectivity index (χ0v) is 18.7. The van der Waals surface area contributed by atoms with Crippen LogP contribution in [0.2, 0.25) is 0 Å². The molecule has 0 radical (unpaired) electrons. The maximum absolute atomic E-state index is 13.2. The summed E-state index contributed by atoms with van der Waals surface area (Å²) < 4.78 is 13.2. The van der Waals surface area contributed by atoms with Gasteiger partial charge in [-0.2, -0.15) is 9.78 Å². The second-order valence-electron chi connectivity index (χ2n) is 6.65. The van der Waals surface area contributed by atoms with Crippen LogP contribution in [0.4, 0.5) is 0 Å². The lowest BCUT2D eigenvalue weighted by atomic mass is 10.2. The van der Waals surface area contributed by atoms with E-state index in [1.807, 2.05) is 61.5 Å². The van der Waals surface area contributed by atoms with Crippen molar-refractivity contribution in [3.8, 4) is 22.9 Å². The highest BCUT2D eigenvalue weighted by molar-refractivity contribution is 9.10. The molecule has 3 aromatic carbocycles. The molecule has 1 aromatic heterocycles. The summed E-state index contributed by atoms with van der Waals surface area (Å²) in [6.45, 7) is 2.42. The van der Waals surface area contributed by atoms with E-state index < -0.39 is 0 Å². The molecule has 0 atom stereocenters. The van der Waals surface area contributed by atoms with E-state index >= 15 is 0 Å². The average molecular weight is 478 g/mol. The summed E-state index contributed by atoms with van der Waals surface area (Å²) in [6, 6.07) is 20.4. The highest BCUT2D eigenvalue weighted by Gasteiger charge is 2.13. The van der Waals surface area contributed by atoms with E-state index in [0.29, 0.717) is 34.8 Å². The lowest BCUT2D eigenvalue weighted by Crippen LogP contribution is -2.20. The van der Waals surface area contributed by atoms with Gasteiger partial charge in [-0.25, -0.2) is 4.98 Å². The lowest BCUT2D eigenvalue weighted by molar-refractivity contribution is 0.309. The minimum Gasteiger partial charge on any atom is -0.493 e. The fourth-order valence-electron chi connectivity index (χ4n) is 3.23. The first-order valence-corrected chi connectivity index (χ1v) is 10.5. The van der Waals surface area contributed by atoms with E-state index in [-0.39, 0.29) is 5.56 Å². The SMILES string of the molecule is CCOc1c(Br)cc(C=Nn2c(-c3ccccc3)nc3ccccc3c2=O)cc1OC. The van der Waals surface area contributed by atoms with Gasteiger partial charge in [-0.15, -0.1) is 0 Å². The second-order valence-corrected chi connectivity index (χ2v) is 7.50. The van der Waals surface area contributed by atoms with Crippen LogP contribution >= 0.6 is 15.9 Å². The molecule has 4 rings (SSSR count). The third-order valence-corrected chi connectivity index (χ3v) is 5.24. The van der Waals surface area contributed by atoms with E-state index in [9.17, 15) is 4.79 Å². The van der Waals surface area contributed by atoms with Gasteiger partial charge in [0.15, 0.2) is 17.3 Å². The number of ether oxygens (including phenoxy) is 2. The summed E-state index contributed by atoms with van der Waals surface area (Å²) >= 11 is 3.52. The summed E-state index contributed by atoms with van der Waals surface area (Å²) in [5.74, 6) is 1.67. The van der Waals surface area contributed by atoms with Crippen molar-refractivity contribution >= 4 is 33.0 Å². The van der Waals surface area contributed by atoms with Crippen LogP contribution in [0.5, 0.6) is 11.5 Å². The molecule has 0 saturated carbocycles. The molecular formula is C24H20BrN3O3. The monoisotopic (exact) mass is 477 g/mol. The van der Waals surface area contributed by atoms with Crippen LogP contribution in [0.3, 0.4) is 0 Å². The van der Waals surface area contributed by atoms with Gasteiger partial charge in [-0.05, 0) is 52.7 Å². The quantitative estimate of drug-likeness (QED) is 0.361. The van der Waals surface area contributed by atoms with Crippen molar-refractivity contribution in [2.24, 2.45) is 5.10 Å². The molecule has 0 unspecified atom stereocenters. The van der Waals surface area contributed by atoms with Gasteiger partial charge in [-0.1, -0.05) is 42.5 Å². The predicted molar refractivity (Wildman–Crippen MR) is 126 cm³/mol. The summed E-state index contributed by atoms with van der Waals surface area (Å²) in [5.41, 5.74) is 1.93. The maximum atomic E-state index is 13.2. The smallest absolute Gasteiger partial charge is 0.282 e. The number of rotatable bonds is 6. The molecule has 31 heavy (non-hydrogen) atoms. The van der Waals surface area contributed by atoms with Crippen molar-refractivity contribution in [3.63, 3.8) is 0 Å². The Hall–Kier alpha value is -3.45. The first-order chi connectivity index (χ1) is 15.1. The van der Waals surface area contributed by atoms with Gasteiger partial charge >= 0.3 is 0 Å². The Morgan fingerprint density at radius 3 is 2.58 bits per heavy atom. The predicted octanol–water partition coefficient (Wildman–Crippen LogP) is 5.12. The Balaban J connectivity index is 1.87. The summed E-state index contributed by atoms with van der Waals surface area (Å²) in [6.07, 6.45) is 1.60. The van der Waals surface area contributed by atoms with Gasteiger partial charge in [-0.3, -0.25) is 4.79 Å². The van der Waals surface area contributed by atoms with Crippen molar-refractivity contribution in [2.45, 2.75) is 6.92 Å². The minimum atomic E-state index is -0.238. The number of nitrogens with zero attached hydrogens (tertiary/aromatic N) is 3. The molecule has 6 nitrogen and oxygen atoms in total. The van der Waals surface area contributed by atoms with Gasteiger partial charge < -0.3 is 9.47 Å². The Morgan fingerprint density at radius 2 is 1.84 bits per heavy atom. The lowest BCUT2D eigenvalue weighted by Gasteiger charge is -2.12. The zero-order chi connectivity index (χ0) is 21.8. The average Bonchev–Trinajstić information content (AvgIpc) is 2.80. The zero-order valence-electron chi connectivity index (χ0n) is 17.1. The molecular weight excluding hydrogens is 458 g/mol. The van der Waals surface area contributed by atoms with Gasteiger partial charge in [0.05, 0.1) is 35.3 Å². The molecule has 156 valence electrons. The number of benzene rings is 3. The minimum absolute atomic E-state index is 0.238. The molecule has 0 aliphatic rings.